The molecule has 0 bridgehead atoms. The van der Waals surface area contributed by atoms with Crippen LogP contribution in [0.4, 0.5) is 0 Å². The van der Waals surface area contributed by atoms with Gasteiger partial charge in [0, 0.05) is 70.0 Å². The highest BCUT2D eigenvalue weighted by molar-refractivity contribution is 5.98. The van der Waals surface area contributed by atoms with Gasteiger partial charge in [-0.05, 0) is 12.1 Å². The molecule has 21 heavy (non-hydrogen) atoms. The van der Waals surface area contributed by atoms with E-state index in [-0.39, 0.29) is 0 Å². The lowest BCUT2D eigenvalue weighted by molar-refractivity contribution is 0.226. The number of hydrogen-bond donors (Lipinski definition) is 2. The standard InChI is InChI=1S/C15H24N6/c1-2-14(17-4-1)12-20-8-6-16-7-9-21(11-10-20)13-15-3-5-18-19-15/h1-3,5,16H,4,6-13H2,(H,18,19). The summed E-state index contributed by atoms with van der Waals surface area (Å²) in [5, 5.41) is 10.6. The highest BCUT2D eigenvalue weighted by Gasteiger charge is 2.14. The molecule has 3 heterocycles. The highest BCUT2D eigenvalue weighted by Crippen LogP contribution is 2.03. The minimum absolute atomic E-state index is 0.855. The second-order valence-electron chi connectivity index (χ2n) is 5.62. The van der Waals surface area contributed by atoms with Gasteiger partial charge in [-0.2, -0.15) is 5.10 Å². The average Bonchev–Trinajstić information content (AvgIpc) is 3.16. The Kier molecular flexibility index (Phi) is 5.15. The zero-order valence-electron chi connectivity index (χ0n) is 12.5. The number of nitrogens with one attached hydrogen (secondary N) is 2. The summed E-state index contributed by atoms with van der Waals surface area (Å²) < 4.78 is 0. The largest absolute Gasteiger partial charge is 0.314 e. The summed E-state index contributed by atoms with van der Waals surface area (Å²) in [4.78, 5) is 9.47. The molecule has 1 aromatic heterocycles. The normalized spacial score (nSPS) is 21.8. The first-order valence-electron chi connectivity index (χ1n) is 7.74. The lowest BCUT2D eigenvalue weighted by Crippen LogP contribution is -2.38. The summed E-state index contributed by atoms with van der Waals surface area (Å²) in [6, 6.07) is 2.05. The van der Waals surface area contributed by atoms with Crippen LogP contribution in [0.15, 0.2) is 29.4 Å². The van der Waals surface area contributed by atoms with E-state index < -0.39 is 0 Å². The second-order valence-corrected chi connectivity index (χ2v) is 5.62. The monoisotopic (exact) mass is 288 g/mol. The summed E-state index contributed by atoms with van der Waals surface area (Å²) in [5.41, 5.74) is 2.40. The van der Waals surface area contributed by atoms with Gasteiger partial charge in [0.25, 0.3) is 0 Å². The van der Waals surface area contributed by atoms with Crippen molar-refractivity contribution in [3.8, 4) is 0 Å². The second kappa shape index (κ2) is 7.49. The third-order valence-electron chi connectivity index (χ3n) is 3.99. The molecule has 1 fully saturated rings. The topological polar surface area (TPSA) is 59.5 Å². The van der Waals surface area contributed by atoms with E-state index in [0.29, 0.717) is 0 Å². The molecule has 0 spiro atoms. The van der Waals surface area contributed by atoms with E-state index in [1.807, 2.05) is 6.20 Å². The van der Waals surface area contributed by atoms with Crippen molar-refractivity contribution in [3.63, 3.8) is 0 Å². The predicted octanol–water partition coefficient (Wildman–Crippen LogP) is 0.128. The zero-order chi connectivity index (χ0) is 14.3. The van der Waals surface area contributed by atoms with E-state index >= 15 is 0 Å². The van der Waals surface area contributed by atoms with E-state index in [1.165, 1.54) is 11.4 Å². The molecule has 114 valence electrons. The molecular weight excluding hydrogens is 264 g/mol. The number of aromatic nitrogens is 2. The van der Waals surface area contributed by atoms with Crippen LogP contribution < -0.4 is 5.32 Å². The number of H-pyrrole nitrogens is 1. The Morgan fingerprint density at radius 3 is 2.52 bits per heavy atom. The predicted molar refractivity (Wildman–Crippen MR) is 84.6 cm³/mol. The molecule has 0 saturated carbocycles. The smallest absolute Gasteiger partial charge is 0.0577 e. The molecular formula is C15H24N6. The lowest BCUT2D eigenvalue weighted by Gasteiger charge is -2.25. The number of nitrogens with zero attached hydrogens (tertiary/aromatic N) is 4. The molecule has 0 unspecified atom stereocenters. The van der Waals surface area contributed by atoms with Crippen LogP contribution in [0.25, 0.3) is 0 Å². The van der Waals surface area contributed by atoms with Crippen molar-refractivity contribution in [3.05, 3.63) is 30.1 Å². The van der Waals surface area contributed by atoms with Crippen LogP contribution in [0.5, 0.6) is 0 Å². The zero-order valence-corrected chi connectivity index (χ0v) is 12.5. The Labute approximate surface area is 125 Å². The van der Waals surface area contributed by atoms with Crippen molar-refractivity contribution in [1.82, 2.24) is 25.3 Å². The van der Waals surface area contributed by atoms with Crippen molar-refractivity contribution >= 4 is 5.71 Å². The van der Waals surface area contributed by atoms with Gasteiger partial charge in [-0.3, -0.25) is 19.9 Å². The highest BCUT2D eigenvalue weighted by atomic mass is 15.2. The summed E-state index contributed by atoms with van der Waals surface area (Å²) in [6.07, 6.45) is 6.11. The maximum absolute atomic E-state index is 4.50. The van der Waals surface area contributed by atoms with E-state index in [9.17, 15) is 0 Å². The van der Waals surface area contributed by atoms with Gasteiger partial charge < -0.3 is 5.32 Å². The maximum Gasteiger partial charge on any atom is 0.0577 e. The van der Waals surface area contributed by atoms with E-state index in [1.54, 1.807) is 0 Å². The maximum atomic E-state index is 4.50. The first-order chi connectivity index (χ1) is 10.4. The Hall–Kier alpha value is -1.50. The van der Waals surface area contributed by atoms with E-state index in [4.69, 9.17) is 0 Å². The number of aromatic amines is 1. The van der Waals surface area contributed by atoms with E-state index in [0.717, 1.165) is 58.9 Å². The molecule has 0 aliphatic carbocycles. The minimum atomic E-state index is 0.855. The molecule has 2 aliphatic heterocycles. The third kappa shape index (κ3) is 4.49. The SMILES string of the molecule is C1=CC(CN2CCNCCN(Cc3ccn[nH]3)CC2)=NC1. The summed E-state index contributed by atoms with van der Waals surface area (Å²) in [6.45, 7) is 9.19. The molecule has 3 rings (SSSR count). The van der Waals surface area contributed by atoms with Crippen molar-refractivity contribution in [2.24, 2.45) is 4.99 Å². The number of aliphatic imine (C=N–C) groups is 1. The fourth-order valence-electron chi connectivity index (χ4n) is 2.78. The van der Waals surface area contributed by atoms with Crippen molar-refractivity contribution in [1.29, 1.82) is 0 Å². The molecule has 1 aromatic rings. The fourth-order valence-corrected chi connectivity index (χ4v) is 2.78. The lowest BCUT2D eigenvalue weighted by atomic mass is 10.3. The van der Waals surface area contributed by atoms with Gasteiger partial charge in [-0.25, -0.2) is 0 Å². The molecule has 0 aromatic carbocycles. The van der Waals surface area contributed by atoms with Gasteiger partial charge in [0.15, 0.2) is 0 Å². The van der Waals surface area contributed by atoms with Crippen LogP contribution in [0.2, 0.25) is 0 Å². The first-order valence-corrected chi connectivity index (χ1v) is 7.74. The molecule has 0 amide bonds. The minimum Gasteiger partial charge on any atom is -0.314 e. The third-order valence-corrected chi connectivity index (χ3v) is 3.99. The van der Waals surface area contributed by atoms with Gasteiger partial charge in [0.2, 0.25) is 0 Å². The van der Waals surface area contributed by atoms with Gasteiger partial charge in [0.05, 0.1) is 6.54 Å². The van der Waals surface area contributed by atoms with Crippen LogP contribution in [0, 0.1) is 0 Å². The van der Waals surface area contributed by atoms with Gasteiger partial charge in [-0.15, -0.1) is 0 Å². The van der Waals surface area contributed by atoms with E-state index in [2.05, 4.69) is 48.5 Å². The Morgan fingerprint density at radius 2 is 1.86 bits per heavy atom. The molecule has 2 N–H and O–H groups in total. The van der Waals surface area contributed by atoms with Gasteiger partial charge in [-0.1, -0.05) is 6.08 Å². The molecule has 0 atom stereocenters. The van der Waals surface area contributed by atoms with Crippen LogP contribution in [0.3, 0.4) is 0 Å². The molecule has 6 heteroatoms. The quantitative estimate of drug-likeness (QED) is 0.827. The number of hydrogen-bond acceptors (Lipinski definition) is 5. The van der Waals surface area contributed by atoms with Crippen molar-refractivity contribution in [2.45, 2.75) is 6.54 Å². The van der Waals surface area contributed by atoms with Crippen LogP contribution in [0.1, 0.15) is 5.69 Å². The van der Waals surface area contributed by atoms with Crippen LogP contribution in [-0.4, -0.2) is 78.1 Å². The molecule has 6 nitrogen and oxygen atoms in total. The molecule has 1 saturated heterocycles. The summed E-state index contributed by atoms with van der Waals surface area (Å²) in [7, 11) is 0. The molecule has 0 radical (unpaired) electrons. The summed E-state index contributed by atoms with van der Waals surface area (Å²) in [5.74, 6) is 0. The first kappa shape index (κ1) is 14.4. The van der Waals surface area contributed by atoms with Crippen LogP contribution in [-0.2, 0) is 6.54 Å². The van der Waals surface area contributed by atoms with Gasteiger partial charge >= 0.3 is 0 Å². The van der Waals surface area contributed by atoms with Crippen molar-refractivity contribution < 1.29 is 0 Å². The van der Waals surface area contributed by atoms with Gasteiger partial charge in [0.1, 0.15) is 0 Å². The molecule has 2 aliphatic rings. The Balaban J connectivity index is 1.54. The number of rotatable bonds is 4. The Morgan fingerprint density at radius 1 is 1.05 bits per heavy atom. The van der Waals surface area contributed by atoms with Crippen LogP contribution >= 0.6 is 0 Å². The average molecular weight is 288 g/mol. The summed E-state index contributed by atoms with van der Waals surface area (Å²) >= 11 is 0. The van der Waals surface area contributed by atoms with Crippen molar-refractivity contribution in [2.75, 3.05) is 52.4 Å². The fraction of sp³-hybridized carbons (Fsp3) is 0.600. The Bertz CT molecular complexity index is 478.